The van der Waals surface area contributed by atoms with E-state index >= 15 is 0 Å². The highest BCUT2D eigenvalue weighted by Gasteiger charge is 2.23. The van der Waals surface area contributed by atoms with Crippen molar-refractivity contribution >= 4 is 40.5 Å². The van der Waals surface area contributed by atoms with Gasteiger partial charge in [-0.15, -0.1) is 33.8 Å². The topological polar surface area (TPSA) is 0 Å². The summed E-state index contributed by atoms with van der Waals surface area (Å²) in [6.45, 7) is 0.134. The van der Waals surface area contributed by atoms with E-state index in [2.05, 4.69) is 0 Å². The molecule has 0 atom stereocenters. The minimum Gasteiger partial charge on any atom is -0.146 e. The summed E-state index contributed by atoms with van der Waals surface area (Å²) in [5.41, 5.74) is 0. The predicted octanol–water partition coefficient (Wildman–Crippen LogP) is 3.16. The molecule has 0 fully saturated rings. The fourth-order valence-electron chi connectivity index (χ4n) is 0.315. The minimum atomic E-state index is -1.86. The molecule has 0 aromatic rings. The van der Waals surface area contributed by atoms with Gasteiger partial charge in [0.1, 0.15) is 0 Å². The molecule has 0 heterocycles. The van der Waals surface area contributed by atoms with Crippen molar-refractivity contribution in [3.63, 3.8) is 0 Å². The molecule has 0 spiro atoms. The molecule has 0 nitrogen and oxygen atoms in total. The number of rotatable bonds is 3. The summed E-state index contributed by atoms with van der Waals surface area (Å²) >= 11 is 17.1. The van der Waals surface area contributed by atoms with Gasteiger partial charge in [-0.05, 0) is 12.1 Å². The van der Waals surface area contributed by atoms with Gasteiger partial charge < -0.3 is 0 Å². The predicted molar refractivity (Wildman–Crippen MR) is 43.5 cm³/mol. The van der Waals surface area contributed by atoms with E-state index in [1.807, 2.05) is 6.92 Å². The SMILES string of the molecule is CC[Si](Cl)(Cl)CCCl. The van der Waals surface area contributed by atoms with Gasteiger partial charge >= 0.3 is 0 Å². The second-order valence-electron chi connectivity index (χ2n) is 1.65. The Morgan fingerprint density at radius 3 is 2.00 bits per heavy atom. The molecule has 0 aromatic heterocycles. The fraction of sp³-hybridized carbons (Fsp3) is 1.00. The number of hydrogen-bond acceptors (Lipinski definition) is 0. The van der Waals surface area contributed by atoms with E-state index in [1.165, 1.54) is 0 Å². The van der Waals surface area contributed by atoms with Crippen LogP contribution in [0.5, 0.6) is 0 Å². The van der Waals surface area contributed by atoms with Crippen LogP contribution < -0.4 is 0 Å². The smallest absolute Gasteiger partial charge is 0.146 e. The monoisotopic (exact) mass is 190 g/mol. The highest BCUT2D eigenvalue weighted by Crippen LogP contribution is 2.24. The summed E-state index contributed by atoms with van der Waals surface area (Å²) in [5, 5.41) is 0. The van der Waals surface area contributed by atoms with E-state index in [9.17, 15) is 0 Å². The van der Waals surface area contributed by atoms with Gasteiger partial charge in [0.15, 0.2) is 0 Å². The third-order valence-electron chi connectivity index (χ3n) is 0.978. The molecule has 4 heteroatoms. The van der Waals surface area contributed by atoms with Crippen molar-refractivity contribution in [2.75, 3.05) is 5.88 Å². The van der Waals surface area contributed by atoms with Crippen LogP contribution in [0.25, 0.3) is 0 Å². The van der Waals surface area contributed by atoms with E-state index < -0.39 is 6.69 Å². The van der Waals surface area contributed by atoms with Crippen LogP contribution in [0.4, 0.5) is 0 Å². The van der Waals surface area contributed by atoms with E-state index in [0.29, 0.717) is 5.88 Å². The molecule has 0 saturated heterocycles. The molecule has 50 valence electrons. The minimum absolute atomic E-state index is 0.590. The summed E-state index contributed by atoms with van der Waals surface area (Å²) in [4.78, 5) is 0. The highest BCUT2D eigenvalue weighted by molar-refractivity contribution is 7.45. The van der Waals surface area contributed by atoms with Gasteiger partial charge in [-0.1, -0.05) is 6.92 Å². The zero-order valence-electron chi connectivity index (χ0n) is 4.76. The van der Waals surface area contributed by atoms with Crippen LogP contribution >= 0.6 is 33.8 Å². The van der Waals surface area contributed by atoms with Crippen molar-refractivity contribution in [2.45, 2.75) is 19.0 Å². The average molecular weight is 192 g/mol. The van der Waals surface area contributed by atoms with Crippen LogP contribution in [-0.4, -0.2) is 12.6 Å². The van der Waals surface area contributed by atoms with Crippen LogP contribution in [0.1, 0.15) is 6.92 Å². The quantitative estimate of drug-likeness (QED) is 0.365. The zero-order valence-corrected chi connectivity index (χ0v) is 8.02. The molecule has 0 aliphatic rings. The Morgan fingerprint density at radius 2 is 1.88 bits per heavy atom. The lowest BCUT2D eigenvalue weighted by molar-refractivity contribution is 1.34. The van der Waals surface area contributed by atoms with E-state index in [-0.39, 0.29) is 0 Å². The van der Waals surface area contributed by atoms with Gasteiger partial charge in [-0.25, -0.2) is 0 Å². The number of halogens is 3. The summed E-state index contributed by atoms with van der Waals surface area (Å²) in [7, 11) is 0. The zero-order chi connectivity index (χ0) is 6.62. The fourth-order valence-corrected chi connectivity index (χ4v) is 3.06. The molecular weight excluding hydrogens is 182 g/mol. The summed E-state index contributed by atoms with van der Waals surface area (Å²) in [5.74, 6) is 0.590. The second kappa shape index (κ2) is 3.99. The van der Waals surface area contributed by atoms with Crippen LogP contribution in [0.2, 0.25) is 12.1 Å². The Kier molecular flexibility index (Phi) is 4.53. The summed E-state index contributed by atoms with van der Waals surface area (Å²) in [6.07, 6.45) is 0. The molecule has 0 N–H and O–H groups in total. The molecule has 8 heavy (non-hydrogen) atoms. The molecule has 0 aliphatic heterocycles. The largest absolute Gasteiger partial charge is 0.252 e. The molecule has 0 bridgehead atoms. The van der Waals surface area contributed by atoms with Crippen molar-refractivity contribution in [1.82, 2.24) is 0 Å². The van der Waals surface area contributed by atoms with Gasteiger partial charge in [0.25, 0.3) is 6.69 Å². The van der Waals surface area contributed by atoms with E-state index in [4.69, 9.17) is 33.8 Å². The lowest BCUT2D eigenvalue weighted by Gasteiger charge is -2.09. The van der Waals surface area contributed by atoms with Gasteiger partial charge in [-0.2, -0.15) is 0 Å². The Bertz CT molecular complexity index is 64.3. The first kappa shape index (κ1) is 9.09. The van der Waals surface area contributed by atoms with E-state index in [0.717, 1.165) is 12.1 Å². The number of alkyl halides is 1. The van der Waals surface area contributed by atoms with Crippen LogP contribution in [-0.2, 0) is 0 Å². The molecule has 0 amide bonds. The first-order valence-corrected chi connectivity index (χ1v) is 7.53. The Labute approximate surface area is 65.5 Å². The maximum atomic E-state index is 5.84. The van der Waals surface area contributed by atoms with Crippen LogP contribution in [0.15, 0.2) is 0 Å². The molecule has 0 unspecified atom stereocenters. The highest BCUT2D eigenvalue weighted by atomic mass is 35.7. The third kappa shape index (κ3) is 4.01. The van der Waals surface area contributed by atoms with Crippen LogP contribution in [0.3, 0.4) is 0 Å². The lowest BCUT2D eigenvalue weighted by Crippen LogP contribution is -2.16. The van der Waals surface area contributed by atoms with Crippen molar-refractivity contribution in [3.8, 4) is 0 Å². The third-order valence-corrected chi connectivity index (χ3v) is 6.24. The summed E-state index contributed by atoms with van der Waals surface area (Å²) < 4.78 is 0. The standard InChI is InChI=1S/C4H9Cl3Si/c1-2-8(6,7)4-3-5/h2-4H2,1H3. The molecule has 0 rings (SSSR count). The van der Waals surface area contributed by atoms with Gasteiger partial charge in [0, 0.05) is 5.88 Å². The van der Waals surface area contributed by atoms with Crippen LogP contribution in [0, 0.1) is 0 Å². The van der Waals surface area contributed by atoms with E-state index in [1.54, 1.807) is 0 Å². The van der Waals surface area contributed by atoms with Crippen molar-refractivity contribution in [3.05, 3.63) is 0 Å². The Morgan fingerprint density at radius 1 is 1.38 bits per heavy atom. The van der Waals surface area contributed by atoms with Gasteiger partial charge in [-0.3, -0.25) is 0 Å². The lowest BCUT2D eigenvalue weighted by atomic mass is 10.9. The first-order valence-electron chi connectivity index (χ1n) is 2.56. The molecule has 0 saturated carbocycles. The van der Waals surface area contributed by atoms with Crippen molar-refractivity contribution in [1.29, 1.82) is 0 Å². The molecule has 0 aromatic carbocycles. The first-order chi connectivity index (χ1) is 3.62. The molecule has 0 aliphatic carbocycles. The van der Waals surface area contributed by atoms with Crippen molar-refractivity contribution in [2.24, 2.45) is 0 Å². The summed E-state index contributed by atoms with van der Waals surface area (Å²) in [6, 6.07) is 1.69. The van der Waals surface area contributed by atoms with Gasteiger partial charge in [0.2, 0.25) is 0 Å². The Balaban J connectivity index is 3.37. The normalized spacial score (nSPS) is 12.0. The molecular formula is C4H9Cl3Si. The molecule has 0 radical (unpaired) electrons. The average Bonchev–Trinajstić information content (AvgIpc) is 1.67. The van der Waals surface area contributed by atoms with Crippen molar-refractivity contribution < 1.29 is 0 Å². The second-order valence-corrected chi connectivity index (χ2v) is 9.87. The Hall–Kier alpha value is 1.09. The maximum Gasteiger partial charge on any atom is 0.252 e. The number of hydrogen-bond donors (Lipinski definition) is 0. The maximum absolute atomic E-state index is 5.84. The van der Waals surface area contributed by atoms with Gasteiger partial charge in [0.05, 0.1) is 0 Å².